The predicted octanol–water partition coefficient (Wildman–Crippen LogP) is 2.16. The third-order valence-electron chi connectivity index (χ3n) is 3.37. The number of rotatable bonds is 6. The molecule has 0 fully saturated rings. The van der Waals surface area contributed by atoms with E-state index >= 15 is 0 Å². The topological polar surface area (TPSA) is 52.0 Å². The zero-order chi connectivity index (χ0) is 14.5. The number of nitrogens with zero attached hydrogens (tertiary/aromatic N) is 3. The number of fused-ring (bicyclic) bond motifs is 1. The van der Waals surface area contributed by atoms with E-state index in [-0.39, 0.29) is 0 Å². The zero-order valence-corrected chi connectivity index (χ0v) is 12.0. The van der Waals surface area contributed by atoms with Gasteiger partial charge in [-0.05, 0) is 23.8 Å². The summed E-state index contributed by atoms with van der Waals surface area (Å²) in [6.07, 6.45) is 0. The molecule has 0 saturated heterocycles. The second-order valence-corrected chi connectivity index (χ2v) is 4.79. The van der Waals surface area contributed by atoms with Gasteiger partial charge in [-0.15, -0.1) is 5.10 Å². The molecule has 21 heavy (non-hydrogen) atoms. The molecule has 0 aliphatic carbocycles. The quantitative estimate of drug-likeness (QED) is 0.704. The van der Waals surface area contributed by atoms with E-state index in [1.165, 1.54) is 5.56 Å². The second-order valence-electron chi connectivity index (χ2n) is 4.79. The lowest BCUT2D eigenvalue weighted by atomic mass is 10.1. The summed E-state index contributed by atoms with van der Waals surface area (Å²) in [6, 6.07) is 16.2. The lowest BCUT2D eigenvalue weighted by Gasteiger charge is -2.10. The van der Waals surface area contributed by atoms with E-state index in [0.29, 0.717) is 6.61 Å². The summed E-state index contributed by atoms with van der Waals surface area (Å²) in [5.41, 5.74) is 4.15. The maximum atomic E-state index is 5.05. The summed E-state index contributed by atoms with van der Waals surface area (Å²) in [7, 11) is 1.71. The van der Waals surface area contributed by atoms with Gasteiger partial charge in [0.1, 0.15) is 5.52 Å². The van der Waals surface area contributed by atoms with Gasteiger partial charge in [0.2, 0.25) is 0 Å². The Balaban J connectivity index is 1.91. The van der Waals surface area contributed by atoms with Crippen LogP contribution in [-0.2, 0) is 11.3 Å². The average molecular weight is 282 g/mol. The maximum Gasteiger partial charge on any atom is 0.113 e. The van der Waals surface area contributed by atoms with E-state index in [9.17, 15) is 0 Å². The molecule has 0 aliphatic heterocycles. The van der Waals surface area contributed by atoms with Gasteiger partial charge < -0.3 is 10.1 Å². The first-order chi connectivity index (χ1) is 10.4. The minimum Gasteiger partial charge on any atom is -0.383 e. The van der Waals surface area contributed by atoms with Gasteiger partial charge in [0.05, 0.1) is 17.8 Å². The van der Waals surface area contributed by atoms with Crippen LogP contribution in [0.1, 0.15) is 5.56 Å². The van der Waals surface area contributed by atoms with Crippen molar-refractivity contribution in [2.45, 2.75) is 6.54 Å². The van der Waals surface area contributed by atoms with Gasteiger partial charge in [-0.25, -0.2) is 4.68 Å². The minimum absolute atomic E-state index is 0.703. The van der Waals surface area contributed by atoms with E-state index < -0.39 is 0 Å². The molecule has 5 nitrogen and oxygen atoms in total. The minimum atomic E-state index is 0.703. The van der Waals surface area contributed by atoms with Gasteiger partial charge in [0.15, 0.2) is 0 Å². The molecule has 5 heteroatoms. The van der Waals surface area contributed by atoms with Crippen LogP contribution in [0.3, 0.4) is 0 Å². The molecule has 1 aromatic heterocycles. The molecule has 0 spiro atoms. The van der Waals surface area contributed by atoms with Crippen molar-refractivity contribution in [3.63, 3.8) is 0 Å². The van der Waals surface area contributed by atoms with Crippen molar-refractivity contribution >= 4 is 11.0 Å². The van der Waals surface area contributed by atoms with E-state index in [1.807, 2.05) is 41.1 Å². The van der Waals surface area contributed by atoms with Crippen molar-refractivity contribution in [2.75, 3.05) is 20.3 Å². The van der Waals surface area contributed by atoms with Crippen LogP contribution in [-0.4, -0.2) is 35.3 Å². The van der Waals surface area contributed by atoms with Crippen molar-refractivity contribution in [1.29, 1.82) is 0 Å². The van der Waals surface area contributed by atoms with Crippen LogP contribution in [0, 0.1) is 0 Å². The van der Waals surface area contributed by atoms with E-state index in [2.05, 4.69) is 27.8 Å². The number of para-hydroxylation sites is 2. The van der Waals surface area contributed by atoms with Crippen LogP contribution in [0.15, 0.2) is 48.5 Å². The SMILES string of the molecule is COCCNCc1ccccc1-n1nnc2ccccc21. The van der Waals surface area contributed by atoms with Crippen LogP contribution in [0.2, 0.25) is 0 Å². The molecule has 3 aromatic rings. The van der Waals surface area contributed by atoms with Crippen LogP contribution in [0.4, 0.5) is 0 Å². The normalized spacial score (nSPS) is 11.1. The Hall–Kier alpha value is -2.24. The molecule has 0 atom stereocenters. The summed E-state index contributed by atoms with van der Waals surface area (Å²) in [5, 5.41) is 11.9. The maximum absolute atomic E-state index is 5.05. The first-order valence-electron chi connectivity index (χ1n) is 6.98. The van der Waals surface area contributed by atoms with E-state index in [0.717, 1.165) is 29.8 Å². The highest BCUT2D eigenvalue weighted by Gasteiger charge is 2.09. The molecule has 0 radical (unpaired) electrons. The monoisotopic (exact) mass is 282 g/mol. The fraction of sp³-hybridized carbons (Fsp3) is 0.250. The Morgan fingerprint density at radius 1 is 1.10 bits per heavy atom. The molecule has 2 aromatic carbocycles. The van der Waals surface area contributed by atoms with E-state index in [1.54, 1.807) is 7.11 Å². The van der Waals surface area contributed by atoms with Gasteiger partial charge in [-0.2, -0.15) is 0 Å². The van der Waals surface area contributed by atoms with Crippen molar-refractivity contribution < 1.29 is 4.74 Å². The molecule has 0 unspecified atom stereocenters. The highest BCUT2D eigenvalue weighted by molar-refractivity contribution is 5.76. The number of aromatic nitrogens is 3. The fourth-order valence-electron chi connectivity index (χ4n) is 2.31. The van der Waals surface area contributed by atoms with Gasteiger partial charge in [-0.1, -0.05) is 35.5 Å². The van der Waals surface area contributed by atoms with Crippen LogP contribution >= 0.6 is 0 Å². The Bertz CT molecular complexity index is 723. The fourth-order valence-corrected chi connectivity index (χ4v) is 2.31. The summed E-state index contributed by atoms with van der Waals surface area (Å²) >= 11 is 0. The summed E-state index contributed by atoms with van der Waals surface area (Å²) in [5.74, 6) is 0. The number of ether oxygens (including phenoxy) is 1. The van der Waals surface area contributed by atoms with Gasteiger partial charge in [-0.3, -0.25) is 0 Å². The number of hydrogen-bond acceptors (Lipinski definition) is 4. The molecule has 0 aliphatic rings. The summed E-state index contributed by atoms with van der Waals surface area (Å²) in [6.45, 7) is 2.30. The third-order valence-corrected chi connectivity index (χ3v) is 3.37. The molecule has 1 heterocycles. The number of nitrogens with one attached hydrogen (secondary N) is 1. The lowest BCUT2D eigenvalue weighted by molar-refractivity contribution is 0.199. The van der Waals surface area contributed by atoms with Crippen molar-refractivity contribution in [3.05, 3.63) is 54.1 Å². The molecule has 0 saturated carbocycles. The van der Waals surface area contributed by atoms with Crippen LogP contribution in [0.25, 0.3) is 16.7 Å². The number of benzene rings is 2. The van der Waals surface area contributed by atoms with Crippen molar-refractivity contribution in [2.24, 2.45) is 0 Å². The molecule has 0 bridgehead atoms. The Labute approximate surface area is 123 Å². The third kappa shape index (κ3) is 2.94. The molecule has 108 valence electrons. The predicted molar refractivity (Wildman–Crippen MR) is 82.4 cm³/mol. The summed E-state index contributed by atoms with van der Waals surface area (Å²) in [4.78, 5) is 0. The van der Waals surface area contributed by atoms with Gasteiger partial charge >= 0.3 is 0 Å². The van der Waals surface area contributed by atoms with Crippen molar-refractivity contribution in [3.8, 4) is 5.69 Å². The average Bonchev–Trinajstić information content (AvgIpc) is 2.96. The number of methoxy groups -OCH3 is 1. The smallest absolute Gasteiger partial charge is 0.113 e. The van der Waals surface area contributed by atoms with E-state index in [4.69, 9.17) is 4.74 Å². The van der Waals surface area contributed by atoms with Gasteiger partial charge in [0, 0.05) is 20.2 Å². The first-order valence-corrected chi connectivity index (χ1v) is 6.98. The zero-order valence-electron chi connectivity index (χ0n) is 12.0. The van der Waals surface area contributed by atoms with Crippen LogP contribution < -0.4 is 5.32 Å². The van der Waals surface area contributed by atoms with Crippen molar-refractivity contribution in [1.82, 2.24) is 20.3 Å². The van der Waals surface area contributed by atoms with Gasteiger partial charge in [0.25, 0.3) is 0 Å². The summed E-state index contributed by atoms with van der Waals surface area (Å²) < 4.78 is 6.94. The Morgan fingerprint density at radius 2 is 1.90 bits per heavy atom. The Morgan fingerprint density at radius 3 is 2.81 bits per heavy atom. The molecule has 0 amide bonds. The second kappa shape index (κ2) is 6.47. The molecular formula is C16H18N4O. The molecule has 1 N–H and O–H groups in total. The first kappa shape index (κ1) is 13.7. The largest absolute Gasteiger partial charge is 0.383 e. The highest BCUT2D eigenvalue weighted by Crippen LogP contribution is 2.19. The standard InChI is InChI=1S/C16H18N4O/c1-21-11-10-17-12-13-6-2-4-8-15(13)20-16-9-5-3-7-14(16)18-19-20/h2-9,17H,10-12H2,1H3. The lowest BCUT2D eigenvalue weighted by Crippen LogP contribution is -2.19. The number of hydrogen-bond donors (Lipinski definition) is 1. The highest BCUT2D eigenvalue weighted by atomic mass is 16.5. The Kier molecular flexibility index (Phi) is 4.23. The molecular weight excluding hydrogens is 264 g/mol. The molecule has 3 rings (SSSR count). The van der Waals surface area contributed by atoms with Crippen LogP contribution in [0.5, 0.6) is 0 Å².